The van der Waals surface area contributed by atoms with Crippen molar-refractivity contribution in [3.8, 4) is 11.8 Å². The molecule has 0 aromatic heterocycles. The Balaban J connectivity index is 2.23. The van der Waals surface area contributed by atoms with E-state index in [-0.39, 0.29) is 5.75 Å². The van der Waals surface area contributed by atoms with Crippen molar-refractivity contribution in [3.63, 3.8) is 0 Å². The van der Waals surface area contributed by atoms with Crippen molar-refractivity contribution in [1.29, 1.82) is 5.26 Å². The van der Waals surface area contributed by atoms with Gasteiger partial charge in [-0.3, -0.25) is 0 Å². The highest BCUT2D eigenvalue weighted by atomic mass is 32.2. The van der Waals surface area contributed by atoms with Crippen LogP contribution in [0.15, 0.2) is 18.2 Å². The van der Waals surface area contributed by atoms with Crippen LogP contribution in [-0.2, 0) is 10.0 Å². The number of ether oxygens (including phenoxy) is 1. The first-order chi connectivity index (χ1) is 9.42. The first kappa shape index (κ1) is 16.5. The molecule has 0 spiro atoms. The highest BCUT2D eigenvalue weighted by Gasteiger charge is 2.03. The SMILES string of the molecule is Cc1ccc(C#N)cc1OCCCCCCS(N)(=O)=O. The van der Waals surface area contributed by atoms with Crippen LogP contribution in [0.2, 0.25) is 0 Å². The lowest BCUT2D eigenvalue weighted by Crippen LogP contribution is -2.16. The summed E-state index contributed by atoms with van der Waals surface area (Å²) in [5.74, 6) is 0.769. The van der Waals surface area contributed by atoms with Crippen molar-refractivity contribution in [2.75, 3.05) is 12.4 Å². The number of hydrogen-bond donors (Lipinski definition) is 1. The first-order valence-electron chi connectivity index (χ1n) is 6.56. The highest BCUT2D eigenvalue weighted by molar-refractivity contribution is 7.89. The lowest BCUT2D eigenvalue weighted by atomic mass is 10.1. The number of aryl methyl sites for hydroxylation is 1. The fourth-order valence-corrected chi connectivity index (χ4v) is 2.37. The number of hydrogen-bond acceptors (Lipinski definition) is 4. The zero-order chi connectivity index (χ0) is 15.0. The quantitative estimate of drug-likeness (QED) is 0.743. The van der Waals surface area contributed by atoms with E-state index in [2.05, 4.69) is 6.07 Å². The molecule has 2 N–H and O–H groups in total. The number of primary sulfonamides is 1. The van der Waals surface area contributed by atoms with E-state index in [0.29, 0.717) is 18.6 Å². The number of nitrogens with zero attached hydrogens (tertiary/aromatic N) is 1. The second-order valence-electron chi connectivity index (χ2n) is 4.72. The maximum atomic E-state index is 10.7. The zero-order valence-electron chi connectivity index (χ0n) is 11.6. The maximum absolute atomic E-state index is 10.7. The van der Waals surface area contributed by atoms with Crippen LogP contribution in [0.3, 0.4) is 0 Å². The van der Waals surface area contributed by atoms with Crippen molar-refractivity contribution < 1.29 is 13.2 Å². The Kier molecular flexibility index (Phi) is 6.49. The molecule has 0 heterocycles. The van der Waals surface area contributed by atoms with E-state index in [1.807, 2.05) is 13.0 Å². The average Bonchev–Trinajstić information content (AvgIpc) is 2.38. The largest absolute Gasteiger partial charge is 0.493 e. The molecule has 0 fully saturated rings. The summed E-state index contributed by atoms with van der Waals surface area (Å²) in [5.41, 5.74) is 1.58. The Morgan fingerprint density at radius 1 is 1.25 bits per heavy atom. The van der Waals surface area contributed by atoms with E-state index in [1.165, 1.54) is 0 Å². The number of nitriles is 1. The maximum Gasteiger partial charge on any atom is 0.209 e. The van der Waals surface area contributed by atoms with Crippen LogP contribution < -0.4 is 9.88 Å². The summed E-state index contributed by atoms with van der Waals surface area (Å²) >= 11 is 0. The second kappa shape index (κ2) is 7.88. The summed E-state index contributed by atoms with van der Waals surface area (Å²) in [4.78, 5) is 0. The van der Waals surface area contributed by atoms with Gasteiger partial charge in [0.1, 0.15) is 5.75 Å². The van der Waals surface area contributed by atoms with Crippen LogP contribution in [0.25, 0.3) is 0 Å². The summed E-state index contributed by atoms with van der Waals surface area (Å²) < 4.78 is 27.1. The third-order valence-corrected chi connectivity index (χ3v) is 3.76. The van der Waals surface area contributed by atoms with E-state index in [0.717, 1.165) is 30.6 Å². The van der Waals surface area contributed by atoms with E-state index < -0.39 is 10.0 Å². The van der Waals surface area contributed by atoms with Gasteiger partial charge in [0, 0.05) is 0 Å². The van der Waals surface area contributed by atoms with Crippen molar-refractivity contribution in [3.05, 3.63) is 29.3 Å². The van der Waals surface area contributed by atoms with E-state index >= 15 is 0 Å². The lowest BCUT2D eigenvalue weighted by molar-refractivity contribution is 0.303. The third kappa shape index (κ3) is 6.55. The molecule has 0 radical (unpaired) electrons. The molecule has 0 aliphatic carbocycles. The van der Waals surface area contributed by atoms with Crippen LogP contribution in [-0.4, -0.2) is 20.8 Å². The Hall–Kier alpha value is -1.58. The van der Waals surface area contributed by atoms with Crippen LogP contribution in [0.5, 0.6) is 5.75 Å². The molecule has 0 atom stereocenters. The standard InChI is InChI=1S/C14H20N2O3S/c1-12-6-7-13(11-15)10-14(12)19-8-4-2-3-5-9-20(16,17)18/h6-7,10H,2-5,8-9H2,1H3,(H2,16,17,18). The molecule has 0 amide bonds. The topological polar surface area (TPSA) is 93.2 Å². The first-order valence-corrected chi connectivity index (χ1v) is 8.28. The average molecular weight is 296 g/mol. The van der Waals surface area contributed by atoms with Gasteiger partial charge in [-0.2, -0.15) is 5.26 Å². The number of nitrogens with two attached hydrogens (primary N) is 1. The van der Waals surface area contributed by atoms with Crippen molar-refractivity contribution in [2.24, 2.45) is 5.14 Å². The van der Waals surface area contributed by atoms with Gasteiger partial charge in [0.2, 0.25) is 10.0 Å². The summed E-state index contributed by atoms with van der Waals surface area (Å²) in [7, 11) is -3.34. The number of sulfonamides is 1. The highest BCUT2D eigenvalue weighted by Crippen LogP contribution is 2.19. The summed E-state index contributed by atoms with van der Waals surface area (Å²) in [6.07, 6.45) is 3.14. The van der Waals surface area contributed by atoms with Gasteiger partial charge in [-0.15, -0.1) is 0 Å². The van der Waals surface area contributed by atoms with Gasteiger partial charge >= 0.3 is 0 Å². The van der Waals surface area contributed by atoms with Gasteiger partial charge in [-0.05, 0) is 37.5 Å². The number of rotatable bonds is 8. The van der Waals surface area contributed by atoms with Gasteiger partial charge in [-0.25, -0.2) is 13.6 Å². The van der Waals surface area contributed by atoms with Gasteiger partial charge in [0.15, 0.2) is 0 Å². The molecule has 0 saturated carbocycles. The molecule has 1 aromatic carbocycles. The molecule has 0 aliphatic heterocycles. The normalized spacial score (nSPS) is 11.1. The third-order valence-electron chi connectivity index (χ3n) is 2.90. The van der Waals surface area contributed by atoms with Crippen LogP contribution >= 0.6 is 0 Å². The lowest BCUT2D eigenvalue weighted by Gasteiger charge is -2.09. The summed E-state index contributed by atoms with van der Waals surface area (Å²) in [6.45, 7) is 2.49. The molecule has 20 heavy (non-hydrogen) atoms. The van der Waals surface area contributed by atoms with Crippen LogP contribution in [0.1, 0.15) is 36.8 Å². The second-order valence-corrected chi connectivity index (χ2v) is 6.46. The monoisotopic (exact) mass is 296 g/mol. The molecule has 110 valence electrons. The minimum Gasteiger partial charge on any atom is -0.493 e. The molecular weight excluding hydrogens is 276 g/mol. The molecule has 0 unspecified atom stereocenters. The van der Waals surface area contributed by atoms with E-state index in [1.54, 1.807) is 12.1 Å². The molecule has 6 heteroatoms. The molecular formula is C14H20N2O3S. The fraction of sp³-hybridized carbons (Fsp3) is 0.500. The molecule has 0 bridgehead atoms. The predicted octanol–water partition coefficient (Wildman–Crippen LogP) is 2.09. The molecule has 0 aliphatic rings. The van der Waals surface area contributed by atoms with Crippen molar-refractivity contribution >= 4 is 10.0 Å². The molecule has 0 saturated heterocycles. The zero-order valence-corrected chi connectivity index (χ0v) is 12.4. The van der Waals surface area contributed by atoms with Crippen molar-refractivity contribution in [1.82, 2.24) is 0 Å². The summed E-state index contributed by atoms with van der Waals surface area (Å²) in [6, 6.07) is 7.43. The number of unbranched alkanes of at least 4 members (excludes halogenated alkanes) is 3. The van der Waals surface area contributed by atoms with Gasteiger partial charge < -0.3 is 4.74 Å². The van der Waals surface area contributed by atoms with Gasteiger partial charge in [0.05, 0.1) is 24.0 Å². The predicted molar refractivity (Wildman–Crippen MR) is 77.8 cm³/mol. The Bertz CT molecular complexity index is 577. The smallest absolute Gasteiger partial charge is 0.209 e. The van der Waals surface area contributed by atoms with E-state index in [9.17, 15) is 8.42 Å². The Morgan fingerprint density at radius 3 is 2.60 bits per heavy atom. The minimum atomic E-state index is -3.34. The van der Waals surface area contributed by atoms with Crippen LogP contribution in [0.4, 0.5) is 0 Å². The molecule has 5 nitrogen and oxygen atoms in total. The Labute approximate surface area is 120 Å². The van der Waals surface area contributed by atoms with Crippen LogP contribution in [0, 0.1) is 18.3 Å². The summed E-state index contributed by atoms with van der Waals surface area (Å²) in [5, 5.41) is 13.7. The minimum absolute atomic E-state index is 0.0389. The van der Waals surface area contributed by atoms with Crippen molar-refractivity contribution in [2.45, 2.75) is 32.6 Å². The molecule has 1 aromatic rings. The molecule has 1 rings (SSSR count). The Morgan fingerprint density at radius 2 is 1.95 bits per heavy atom. The van der Waals surface area contributed by atoms with Gasteiger partial charge in [0.25, 0.3) is 0 Å². The van der Waals surface area contributed by atoms with Gasteiger partial charge in [-0.1, -0.05) is 18.9 Å². The number of benzene rings is 1. The fourth-order valence-electron chi connectivity index (χ4n) is 1.77. The van der Waals surface area contributed by atoms with E-state index in [4.69, 9.17) is 15.1 Å².